The van der Waals surface area contributed by atoms with Gasteiger partial charge >= 0.3 is 0 Å². The summed E-state index contributed by atoms with van der Waals surface area (Å²) >= 11 is 0. The Morgan fingerprint density at radius 1 is 1.53 bits per heavy atom. The standard InChI is InChI=1S/C15H23FN2O/c1-11(17)9-13-14(16)6-3-7-15(13)18(2)10-12-5-4-8-19-12/h3,6-7,11-12H,4-5,8-10,17H2,1-2H3. The molecule has 19 heavy (non-hydrogen) atoms. The highest BCUT2D eigenvalue weighted by molar-refractivity contribution is 5.54. The highest BCUT2D eigenvalue weighted by Crippen LogP contribution is 2.25. The molecule has 1 heterocycles. The van der Waals surface area contributed by atoms with Gasteiger partial charge in [0.15, 0.2) is 0 Å². The lowest BCUT2D eigenvalue weighted by molar-refractivity contribution is 0.116. The van der Waals surface area contributed by atoms with Gasteiger partial charge in [-0.2, -0.15) is 0 Å². The van der Waals surface area contributed by atoms with Crippen molar-refractivity contribution in [1.82, 2.24) is 0 Å². The molecule has 2 N–H and O–H groups in total. The lowest BCUT2D eigenvalue weighted by Gasteiger charge is -2.26. The molecule has 0 radical (unpaired) electrons. The molecule has 0 amide bonds. The van der Waals surface area contributed by atoms with Gasteiger partial charge in [0.25, 0.3) is 0 Å². The second-order valence-corrected chi connectivity index (χ2v) is 5.43. The van der Waals surface area contributed by atoms with Crippen LogP contribution in [0.25, 0.3) is 0 Å². The van der Waals surface area contributed by atoms with Gasteiger partial charge in [-0.1, -0.05) is 6.07 Å². The summed E-state index contributed by atoms with van der Waals surface area (Å²) in [5.41, 5.74) is 7.45. The van der Waals surface area contributed by atoms with Gasteiger partial charge in [-0.25, -0.2) is 4.39 Å². The number of halogens is 1. The zero-order valence-electron chi connectivity index (χ0n) is 11.7. The Morgan fingerprint density at radius 2 is 2.32 bits per heavy atom. The second kappa shape index (κ2) is 6.35. The predicted octanol–water partition coefficient (Wildman–Crippen LogP) is 2.33. The van der Waals surface area contributed by atoms with E-state index in [4.69, 9.17) is 10.5 Å². The third kappa shape index (κ3) is 3.67. The fraction of sp³-hybridized carbons (Fsp3) is 0.600. The number of likely N-dealkylation sites (N-methyl/N-ethyl adjacent to an activating group) is 1. The summed E-state index contributed by atoms with van der Waals surface area (Å²) in [6.07, 6.45) is 3.02. The summed E-state index contributed by atoms with van der Waals surface area (Å²) < 4.78 is 19.6. The molecule has 0 bridgehead atoms. The zero-order chi connectivity index (χ0) is 13.8. The van der Waals surface area contributed by atoms with Crippen LogP contribution in [0.15, 0.2) is 18.2 Å². The first kappa shape index (κ1) is 14.3. The van der Waals surface area contributed by atoms with Crippen LogP contribution in [0.4, 0.5) is 10.1 Å². The van der Waals surface area contributed by atoms with Gasteiger partial charge in [-0.05, 0) is 38.3 Å². The van der Waals surface area contributed by atoms with Crippen molar-refractivity contribution in [3.63, 3.8) is 0 Å². The molecule has 1 fully saturated rings. The molecule has 1 aliphatic rings. The average molecular weight is 266 g/mol. The molecule has 2 unspecified atom stereocenters. The van der Waals surface area contributed by atoms with E-state index in [1.807, 2.05) is 20.0 Å². The van der Waals surface area contributed by atoms with E-state index in [2.05, 4.69) is 4.90 Å². The summed E-state index contributed by atoms with van der Waals surface area (Å²) in [7, 11) is 1.99. The number of hydrogen-bond donors (Lipinski definition) is 1. The normalized spacial score (nSPS) is 20.5. The van der Waals surface area contributed by atoms with E-state index in [1.165, 1.54) is 6.07 Å². The van der Waals surface area contributed by atoms with E-state index in [0.717, 1.165) is 31.7 Å². The van der Waals surface area contributed by atoms with Crippen LogP contribution < -0.4 is 10.6 Å². The Bertz CT molecular complexity index is 417. The summed E-state index contributed by atoms with van der Waals surface area (Å²) in [4.78, 5) is 2.08. The maximum atomic E-state index is 14.0. The van der Waals surface area contributed by atoms with Crippen LogP contribution >= 0.6 is 0 Å². The molecule has 1 aromatic rings. The van der Waals surface area contributed by atoms with Gasteiger partial charge in [0, 0.05) is 37.5 Å². The Kier molecular flexibility index (Phi) is 4.77. The Morgan fingerprint density at radius 3 is 2.95 bits per heavy atom. The van der Waals surface area contributed by atoms with Crippen molar-refractivity contribution >= 4 is 5.69 Å². The van der Waals surface area contributed by atoms with E-state index in [1.54, 1.807) is 6.07 Å². The number of nitrogens with two attached hydrogens (primary N) is 1. The van der Waals surface area contributed by atoms with Gasteiger partial charge in [0.1, 0.15) is 5.82 Å². The lowest BCUT2D eigenvalue weighted by atomic mass is 10.0. The van der Waals surface area contributed by atoms with Crippen LogP contribution in [0.3, 0.4) is 0 Å². The monoisotopic (exact) mass is 266 g/mol. The molecule has 0 aliphatic carbocycles. The van der Waals surface area contributed by atoms with Crippen molar-refractivity contribution in [2.45, 2.75) is 38.3 Å². The highest BCUT2D eigenvalue weighted by atomic mass is 19.1. The van der Waals surface area contributed by atoms with E-state index < -0.39 is 0 Å². The number of benzene rings is 1. The van der Waals surface area contributed by atoms with Gasteiger partial charge < -0.3 is 15.4 Å². The van der Waals surface area contributed by atoms with E-state index in [0.29, 0.717) is 12.0 Å². The number of ether oxygens (including phenoxy) is 1. The maximum absolute atomic E-state index is 14.0. The van der Waals surface area contributed by atoms with Gasteiger partial charge in [-0.15, -0.1) is 0 Å². The summed E-state index contributed by atoms with van der Waals surface area (Å²) in [6.45, 7) is 3.54. The third-order valence-corrected chi connectivity index (χ3v) is 3.53. The molecular weight excluding hydrogens is 243 g/mol. The fourth-order valence-corrected chi connectivity index (χ4v) is 2.62. The average Bonchev–Trinajstić information content (AvgIpc) is 2.84. The van der Waals surface area contributed by atoms with E-state index >= 15 is 0 Å². The number of rotatable bonds is 5. The summed E-state index contributed by atoms with van der Waals surface area (Å²) in [5, 5.41) is 0. The first-order chi connectivity index (χ1) is 9.08. The fourth-order valence-electron chi connectivity index (χ4n) is 2.62. The second-order valence-electron chi connectivity index (χ2n) is 5.43. The minimum Gasteiger partial charge on any atom is -0.376 e. The van der Waals surface area contributed by atoms with Crippen LogP contribution in [0.2, 0.25) is 0 Å². The van der Waals surface area contributed by atoms with Gasteiger partial charge in [0.05, 0.1) is 6.10 Å². The minimum atomic E-state index is -0.172. The lowest BCUT2D eigenvalue weighted by Crippen LogP contribution is -2.30. The smallest absolute Gasteiger partial charge is 0.128 e. The van der Waals surface area contributed by atoms with Crippen LogP contribution in [-0.4, -0.2) is 32.3 Å². The Hall–Kier alpha value is -1.13. The van der Waals surface area contributed by atoms with Crippen LogP contribution in [0, 0.1) is 5.82 Å². The number of anilines is 1. The quantitative estimate of drug-likeness (QED) is 0.889. The van der Waals surface area contributed by atoms with Crippen LogP contribution in [-0.2, 0) is 11.2 Å². The molecule has 3 nitrogen and oxygen atoms in total. The molecule has 1 aromatic carbocycles. The van der Waals surface area contributed by atoms with Gasteiger partial charge in [-0.3, -0.25) is 0 Å². The molecule has 4 heteroatoms. The Labute approximate surface area is 114 Å². The van der Waals surface area contributed by atoms with Crippen molar-refractivity contribution in [3.8, 4) is 0 Å². The van der Waals surface area contributed by atoms with Crippen molar-refractivity contribution in [2.75, 3.05) is 25.1 Å². The molecule has 2 atom stereocenters. The van der Waals surface area contributed by atoms with Crippen molar-refractivity contribution in [2.24, 2.45) is 5.73 Å². The van der Waals surface area contributed by atoms with Crippen molar-refractivity contribution < 1.29 is 9.13 Å². The van der Waals surface area contributed by atoms with Crippen molar-refractivity contribution in [3.05, 3.63) is 29.6 Å². The highest BCUT2D eigenvalue weighted by Gasteiger charge is 2.20. The SMILES string of the molecule is CC(N)Cc1c(F)cccc1N(C)CC1CCCO1. The first-order valence-corrected chi connectivity index (χ1v) is 6.93. The molecule has 106 valence electrons. The van der Waals surface area contributed by atoms with Gasteiger partial charge in [0.2, 0.25) is 0 Å². The molecule has 0 saturated carbocycles. The maximum Gasteiger partial charge on any atom is 0.128 e. The minimum absolute atomic E-state index is 0.0493. The molecule has 2 rings (SSSR count). The summed E-state index contributed by atoms with van der Waals surface area (Å²) in [6, 6.07) is 5.16. The predicted molar refractivity (Wildman–Crippen MR) is 76.0 cm³/mol. The van der Waals surface area contributed by atoms with E-state index in [-0.39, 0.29) is 18.0 Å². The number of hydrogen-bond acceptors (Lipinski definition) is 3. The molecule has 1 saturated heterocycles. The van der Waals surface area contributed by atoms with E-state index in [9.17, 15) is 4.39 Å². The van der Waals surface area contributed by atoms with Crippen LogP contribution in [0.1, 0.15) is 25.3 Å². The largest absolute Gasteiger partial charge is 0.376 e. The van der Waals surface area contributed by atoms with Crippen molar-refractivity contribution in [1.29, 1.82) is 0 Å². The Balaban J connectivity index is 2.14. The molecule has 1 aliphatic heterocycles. The molecule has 0 aromatic heterocycles. The summed E-state index contributed by atoms with van der Waals surface area (Å²) in [5.74, 6) is -0.172. The topological polar surface area (TPSA) is 38.5 Å². The number of nitrogens with zero attached hydrogens (tertiary/aromatic N) is 1. The molecule has 0 spiro atoms. The zero-order valence-corrected chi connectivity index (χ0v) is 11.7. The van der Waals surface area contributed by atoms with Crippen LogP contribution in [0.5, 0.6) is 0 Å². The molecular formula is C15H23FN2O. The third-order valence-electron chi connectivity index (χ3n) is 3.53. The first-order valence-electron chi connectivity index (χ1n) is 6.93.